The lowest BCUT2D eigenvalue weighted by Crippen LogP contribution is -2.14. The molecule has 5 nitrogen and oxygen atoms in total. The minimum absolute atomic E-state index is 0.229. The topological polar surface area (TPSA) is 76.4 Å². The molecule has 3 N–H and O–H groups in total. The molecule has 1 aliphatic rings. The van der Waals surface area contributed by atoms with E-state index in [4.69, 9.17) is 5.73 Å². The number of rotatable bonds is 3. The van der Waals surface area contributed by atoms with E-state index in [0.29, 0.717) is 5.92 Å². The number of aliphatic hydroxyl groups excluding tert-OH is 1. The average Bonchev–Trinajstić information content (AvgIpc) is 2.69. The normalized spacial score (nSPS) is 18.2. The van der Waals surface area contributed by atoms with E-state index < -0.39 is 6.10 Å². The van der Waals surface area contributed by atoms with E-state index in [-0.39, 0.29) is 6.54 Å². The number of hydrogen-bond donors (Lipinski definition) is 2. The molecule has 1 saturated carbocycles. The minimum Gasteiger partial charge on any atom is -0.387 e. The lowest BCUT2D eigenvalue weighted by Gasteiger charge is -2.23. The monoisotopic (exact) mass is 232 g/mol. The zero-order valence-electron chi connectivity index (χ0n) is 9.58. The Hall–Kier alpha value is -1.46. The summed E-state index contributed by atoms with van der Waals surface area (Å²) < 4.78 is 1.98. The molecule has 2 heterocycles. The zero-order valence-corrected chi connectivity index (χ0v) is 9.58. The first kappa shape index (κ1) is 10.7. The summed E-state index contributed by atoms with van der Waals surface area (Å²) in [5.74, 6) is 1.53. The summed E-state index contributed by atoms with van der Waals surface area (Å²) in [7, 11) is 0. The van der Waals surface area contributed by atoms with Gasteiger partial charge >= 0.3 is 0 Å². The van der Waals surface area contributed by atoms with Crippen LogP contribution in [0.2, 0.25) is 0 Å². The summed E-state index contributed by atoms with van der Waals surface area (Å²) in [4.78, 5) is 0. The lowest BCUT2D eigenvalue weighted by molar-refractivity contribution is 0.186. The molecule has 1 atom stereocenters. The molecule has 90 valence electrons. The van der Waals surface area contributed by atoms with Gasteiger partial charge in [-0.1, -0.05) is 12.5 Å². The van der Waals surface area contributed by atoms with Crippen molar-refractivity contribution in [2.45, 2.75) is 31.3 Å². The number of aromatic nitrogens is 3. The Balaban J connectivity index is 2.05. The maximum Gasteiger partial charge on any atom is 0.160 e. The predicted octanol–water partition coefficient (Wildman–Crippen LogP) is 0.989. The molecular formula is C12H16N4O. The first-order valence-electron chi connectivity index (χ1n) is 6.02. The van der Waals surface area contributed by atoms with Crippen molar-refractivity contribution in [3.05, 3.63) is 29.7 Å². The van der Waals surface area contributed by atoms with Crippen molar-refractivity contribution >= 4 is 5.65 Å². The van der Waals surface area contributed by atoms with E-state index in [9.17, 15) is 5.11 Å². The Labute approximate surface area is 99.3 Å². The van der Waals surface area contributed by atoms with Crippen LogP contribution in [0.25, 0.3) is 5.65 Å². The third-order valence-corrected chi connectivity index (χ3v) is 3.53. The summed E-state index contributed by atoms with van der Waals surface area (Å²) in [6.45, 7) is 0.229. The molecule has 0 amide bonds. The number of nitrogens with zero attached hydrogens (tertiary/aromatic N) is 3. The minimum atomic E-state index is -0.615. The van der Waals surface area contributed by atoms with Gasteiger partial charge in [-0.2, -0.15) is 0 Å². The van der Waals surface area contributed by atoms with Crippen molar-refractivity contribution in [1.29, 1.82) is 0 Å². The summed E-state index contributed by atoms with van der Waals surface area (Å²) in [6, 6.07) is 3.73. The molecule has 2 aromatic rings. The van der Waals surface area contributed by atoms with E-state index in [1.54, 1.807) is 0 Å². The first-order chi connectivity index (χ1) is 8.29. The molecule has 5 heteroatoms. The Bertz CT molecular complexity index is 532. The fourth-order valence-corrected chi connectivity index (χ4v) is 2.20. The highest BCUT2D eigenvalue weighted by molar-refractivity contribution is 5.40. The number of hydrogen-bond acceptors (Lipinski definition) is 4. The van der Waals surface area contributed by atoms with E-state index >= 15 is 0 Å². The Morgan fingerprint density at radius 3 is 2.88 bits per heavy atom. The van der Waals surface area contributed by atoms with Crippen molar-refractivity contribution < 1.29 is 5.11 Å². The number of pyridine rings is 1. The quantitative estimate of drug-likeness (QED) is 0.827. The maximum absolute atomic E-state index is 9.75. The van der Waals surface area contributed by atoms with Crippen LogP contribution in [0.4, 0.5) is 0 Å². The van der Waals surface area contributed by atoms with Crippen molar-refractivity contribution in [3.63, 3.8) is 0 Å². The number of nitrogens with two attached hydrogens (primary N) is 1. The van der Waals surface area contributed by atoms with Crippen LogP contribution in [-0.2, 0) is 0 Å². The first-order valence-corrected chi connectivity index (χ1v) is 6.02. The summed E-state index contributed by atoms with van der Waals surface area (Å²) in [6.07, 6.45) is 4.93. The van der Waals surface area contributed by atoms with Crippen LogP contribution in [0.5, 0.6) is 0 Å². The van der Waals surface area contributed by atoms with Crippen LogP contribution in [0.15, 0.2) is 18.3 Å². The van der Waals surface area contributed by atoms with Gasteiger partial charge in [0.25, 0.3) is 0 Å². The molecule has 1 aliphatic carbocycles. The molecule has 0 bridgehead atoms. The van der Waals surface area contributed by atoms with Crippen LogP contribution in [0.1, 0.15) is 42.7 Å². The van der Waals surface area contributed by atoms with Gasteiger partial charge in [0.2, 0.25) is 0 Å². The van der Waals surface area contributed by atoms with Gasteiger partial charge in [0, 0.05) is 18.7 Å². The molecule has 0 radical (unpaired) electrons. The van der Waals surface area contributed by atoms with Crippen LogP contribution in [0.3, 0.4) is 0 Å². The highest BCUT2D eigenvalue weighted by Crippen LogP contribution is 2.35. The van der Waals surface area contributed by atoms with Crippen molar-refractivity contribution in [2.24, 2.45) is 5.73 Å². The van der Waals surface area contributed by atoms with E-state index in [1.165, 1.54) is 19.3 Å². The third-order valence-electron chi connectivity index (χ3n) is 3.53. The number of aliphatic hydroxyl groups is 1. The van der Waals surface area contributed by atoms with E-state index in [1.807, 2.05) is 22.7 Å². The summed E-state index contributed by atoms with van der Waals surface area (Å²) >= 11 is 0. The molecule has 2 aromatic heterocycles. The molecule has 0 saturated heterocycles. The fraction of sp³-hybridized carbons (Fsp3) is 0.500. The van der Waals surface area contributed by atoms with E-state index in [2.05, 4.69) is 10.2 Å². The summed E-state index contributed by atoms with van der Waals surface area (Å²) in [5.41, 5.74) is 7.12. The van der Waals surface area contributed by atoms with Crippen molar-refractivity contribution in [3.8, 4) is 0 Å². The van der Waals surface area contributed by atoms with Crippen LogP contribution >= 0.6 is 0 Å². The van der Waals surface area contributed by atoms with Crippen LogP contribution in [-0.4, -0.2) is 26.2 Å². The molecule has 3 rings (SSSR count). The largest absolute Gasteiger partial charge is 0.387 e. The van der Waals surface area contributed by atoms with Gasteiger partial charge in [-0.3, -0.25) is 4.40 Å². The molecule has 0 aromatic carbocycles. The highest BCUT2D eigenvalue weighted by Gasteiger charge is 2.24. The Morgan fingerprint density at radius 1 is 1.41 bits per heavy atom. The van der Waals surface area contributed by atoms with E-state index in [0.717, 1.165) is 17.0 Å². The van der Waals surface area contributed by atoms with Gasteiger partial charge in [0.05, 0.1) is 6.10 Å². The second-order valence-corrected chi connectivity index (χ2v) is 4.63. The Kier molecular flexibility index (Phi) is 2.57. The molecule has 1 fully saturated rings. The maximum atomic E-state index is 9.75. The zero-order chi connectivity index (χ0) is 11.8. The molecular weight excluding hydrogens is 216 g/mol. The second-order valence-electron chi connectivity index (χ2n) is 4.63. The SMILES string of the molecule is NCC(O)c1ccc2nnc(C3CCC3)n2c1. The summed E-state index contributed by atoms with van der Waals surface area (Å²) in [5, 5.41) is 18.1. The molecule has 0 aliphatic heterocycles. The van der Waals surface area contributed by atoms with Crippen LogP contribution in [0, 0.1) is 0 Å². The Morgan fingerprint density at radius 2 is 2.24 bits per heavy atom. The molecule has 0 spiro atoms. The van der Waals surface area contributed by atoms with Crippen molar-refractivity contribution in [1.82, 2.24) is 14.6 Å². The van der Waals surface area contributed by atoms with Gasteiger partial charge in [0.15, 0.2) is 5.65 Å². The highest BCUT2D eigenvalue weighted by atomic mass is 16.3. The second kappa shape index (κ2) is 4.09. The smallest absolute Gasteiger partial charge is 0.160 e. The van der Waals surface area contributed by atoms with Gasteiger partial charge < -0.3 is 10.8 Å². The lowest BCUT2D eigenvalue weighted by atomic mass is 9.85. The number of fused-ring (bicyclic) bond motifs is 1. The van der Waals surface area contributed by atoms with Crippen LogP contribution < -0.4 is 5.73 Å². The van der Waals surface area contributed by atoms with Gasteiger partial charge in [-0.15, -0.1) is 10.2 Å². The standard InChI is InChI=1S/C12H16N4O/c13-6-10(17)9-4-5-11-14-15-12(16(11)7-9)8-2-1-3-8/h4-5,7-8,10,17H,1-3,6,13H2. The third kappa shape index (κ3) is 1.71. The molecule has 1 unspecified atom stereocenters. The van der Waals surface area contributed by atoms with Gasteiger partial charge in [-0.05, 0) is 24.5 Å². The average molecular weight is 232 g/mol. The van der Waals surface area contributed by atoms with Gasteiger partial charge in [-0.25, -0.2) is 0 Å². The fourth-order valence-electron chi connectivity index (χ4n) is 2.20. The van der Waals surface area contributed by atoms with Crippen molar-refractivity contribution in [2.75, 3.05) is 6.54 Å². The molecule has 17 heavy (non-hydrogen) atoms. The predicted molar refractivity (Wildman–Crippen MR) is 63.6 cm³/mol. The van der Waals surface area contributed by atoms with Gasteiger partial charge in [0.1, 0.15) is 5.82 Å².